The molecule has 0 aromatic heterocycles. The normalized spacial score (nSPS) is 26.8. The van der Waals surface area contributed by atoms with E-state index in [1.54, 1.807) is 0 Å². The Morgan fingerprint density at radius 2 is 1.67 bits per heavy atom. The molecule has 0 aliphatic carbocycles. The van der Waals surface area contributed by atoms with Gasteiger partial charge in [-0.15, -0.1) is 0 Å². The molecule has 1 spiro atoms. The van der Waals surface area contributed by atoms with Gasteiger partial charge in [0.2, 0.25) is 0 Å². The van der Waals surface area contributed by atoms with Crippen molar-refractivity contribution < 1.29 is 0 Å². The number of nitrogens with zero attached hydrogens (tertiary/aromatic N) is 2. The van der Waals surface area contributed by atoms with Crippen LogP contribution in [0.15, 0.2) is 0 Å². The summed E-state index contributed by atoms with van der Waals surface area (Å²) in [4.78, 5) is 5.26. The third kappa shape index (κ3) is 2.54. The molecule has 2 heterocycles. The fourth-order valence-corrected chi connectivity index (χ4v) is 3.10. The molecule has 2 heteroatoms. The van der Waals surface area contributed by atoms with E-state index in [0.29, 0.717) is 0 Å². The summed E-state index contributed by atoms with van der Waals surface area (Å²) < 4.78 is 0. The minimum Gasteiger partial charge on any atom is -0.304 e. The van der Waals surface area contributed by atoms with Gasteiger partial charge in [-0.1, -0.05) is 20.3 Å². The van der Waals surface area contributed by atoms with Crippen LogP contribution >= 0.6 is 0 Å². The molecule has 0 aromatic rings. The molecule has 0 radical (unpaired) electrons. The standard InChI is InChI=1S/C13H26N2/c1-3-5-8-15-11-13(12-15)6-9-14(4-2)10-7-13/h3-12H2,1-2H3. The first-order chi connectivity index (χ1) is 7.28. The lowest BCUT2D eigenvalue weighted by atomic mass is 9.72. The molecular formula is C13H26N2. The van der Waals surface area contributed by atoms with Gasteiger partial charge in [0.25, 0.3) is 0 Å². The van der Waals surface area contributed by atoms with Gasteiger partial charge in [0.15, 0.2) is 0 Å². The number of hydrogen-bond donors (Lipinski definition) is 0. The zero-order valence-corrected chi connectivity index (χ0v) is 10.5. The van der Waals surface area contributed by atoms with E-state index in [4.69, 9.17) is 0 Å². The van der Waals surface area contributed by atoms with Crippen molar-refractivity contribution in [3.63, 3.8) is 0 Å². The van der Waals surface area contributed by atoms with Crippen molar-refractivity contribution >= 4 is 0 Å². The van der Waals surface area contributed by atoms with Crippen LogP contribution in [-0.2, 0) is 0 Å². The van der Waals surface area contributed by atoms with Gasteiger partial charge in [-0.2, -0.15) is 0 Å². The Morgan fingerprint density at radius 3 is 2.20 bits per heavy atom. The molecule has 2 nitrogen and oxygen atoms in total. The number of likely N-dealkylation sites (tertiary alicyclic amines) is 2. The highest BCUT2D eigenvalue weighted by Gasteiger charge is 2.43. The highest BCUT2D eigenvalue weighted by molar-refractivity contribution is 4.97. The van der Waals surface area contributed by atoms with Crippen LogP contribution in [0.1, 0.15) is 39.5 Å². The Bertz CT molecular complexity index is 187. The molecule has 2 aliphatic rings. The van der Waals surface area contributed by atoms with E-state index in [9.17, 15) is 0 Å². The number of piperidine rings is 1. The van der Waals surface area contributed by atoms with Crippen LogP contribution in [0.5, 0.6) is 0 Å². The van der Waals surface area contributed by atoms with Crippen molar-refractivity contribution in [3.8, 4) is 0 Å². The lowest BCUT2D eigenvalue weighted by molar-refractivity contribution is -0.0457. The summed E-state index contributed by atoms with van der Waals surface area (Å²) in [6, 6.07) is 0. The Balaban J connectivity index is 1.69. The molecule has 0 amide bonds. The molecule has 2 rings (SSSR count). The van der Waals surface area contributed by atoms with E-state index in [-0.39, 0.29) is 0 Å². The van der Waals surface area contributed by atoms with E-state index in [0.717, 1.165) is 5.41 Å². The molecular weight excluding hydrogens is 184 g/mol. The Kier molecular flexibility index (Phi) is 3.68. The third-order valence-electron chi connectivity index (χ3n) is 4.31. The van der Waals surface area contributed by atoms with Gasteiger partial charge >= 0.3 is 0 Å². The topological polar surface area (TPSA) is 6.48 Å². The summed E-state index contributed by atoms with van der Waals surface area (Å²) in [5.74, 6) is 0. The van der Waals surface area contributed by atoms with E-state index in [1.807, 2.05) is 0 Å². The smallest absolute Gasteiger partial charge is 0.00514 e. The third-order valence-corrected chi connectivity index (χ3v) is 4.31. The van der Waals surface area contributed by atoms with Gasteiger partial charge in [-0.25, -0.2) is 0 Å². The van der Waals surface area contributed by atoms with Crippen LogP contribution in [-0.4, -0.2) is 49.1 Å². The largest absolute Gasteiger partial charge is 0.304 e. The predicted molar refractivity (Wildman–Crippen MR) is 65.1 cm³/mol. The van der Waals surface area contributed by atoms with E-state index >= 15 is 0 Å². The average Bonchev–Trinajstić information content (AvgIpc) is 2.24. The monoisotopic (exact) mass is 210 g/mol. The number of unbranched alkanes of at least 4 members (excludes halogenated alkanes) is 1. The highest BCUT2D eigenvalue weighted by Crippen LogP contribution is 2.40. The van der Waals surface area contributed by atoms with Crippen molar-refractivity contribution in [1.29, 1.82) is 0 Å². The van der Waals surface area contributed by atoms with Crippen LogP contribution in [0, 0.1) is 5.41 Å². The summed E-state index contributed by atoms with van der Waals surface area (Å²) in [5, 5.41) is 0. The zero-order valence-electron chi connectivity index (χ0n) is 10.5. The van der Waals surface area contributed by atoms with Gasteiger partial charge in [0.05, 0.1) is 0 Å². The quantitative estimate of drug-likeness (QED) is 0.702. The van der Waals surface area contributed by atoms with Crippen molar-refractivity contribution in [2.45, 2.75) is 39.5 Å². The first-order valence-corrected chi connectivity index (χ1v) is 6.73. The Labute approximate surface area is 94.6 Å². The highest BCUT2D eigenvalue weighted by atomic mass is 15.2. The summed E-state index contributed by atoms with van der Waals surface area (Å²) in [7, 11) is 0. The molecule has 88 valence electrons. The molecule has 0 atom stereocenters. The molecule has 15 heavy (non-hydrogen) atoms. The fraction of sp³-hybridized carbons (Fsp3) is 1.00. The first kappa shape index (κ1) is 11.4. The van der Waals surface area contributed by atoms with Crippen molar-refractivity contribution in [1.82, 2.24) is 9.80 Å². The number of rotatable bonds is 4. The van der Waals surface area contributed by atoms with Crippen LogP contribution in [0.25, 0.3) is 0 Å². The van der Waals surface area contributed by atoms with Gasteiger partial charge < -0.3 is 9.80 Å². The predicted octanol–water partition coefficient (Wildman–Crippen LogP) is 2.20. The second-order valence-electron chi connectivity index (χ2n) is 5.50. The van der Waals surface area contributed by atoms with E-state index in [2.05, 4.69) is 23.6 Å². The minimum absolute atomic E-state index is 0.736. The molecule has 0 N–H and O–H groups in total. The fourth-order valence-electron chi connectivity index (χ4n) is 3.10. The molecule has 0 bridgehead atoms. The SMILES string of the molecule is CCCCN1CC2(CCN(CC)CC2)C1. The molecule has 0 aromatic carbocycles. The number of hydrogen-bond acceptors (Lipinski definition) is 2. The second kappa shape index (κ2) is 4.84. The van der Waals surface area contributed by atoms with Gasteiger partial charge in [0.1, 0.15) is 0 Å². The average molecular weight is 210 g/mol. The summed E-state index contributed by atoms with van der Waals surface area (Å²) in [6.07, 6.45) is 5.62. The molecule has 2 aliphatic heterocycles. The van der Waals surface area contributed by atoms with Crippen molar-refractivity contribution in [2.24, 2.45) is 5.41 Å². The van der Waals surface area contributed by atoms with Crippen LogP contribution in [0.2, 0.25) is 0 Å². The summed E-state index contributed by atoms with van der Waals surface area (Å²) in [6.45, 7) is 12.6. The maximum absolute atomic E-state index is 2.66. The summed E-state index contributed by atoms with van der Waals surface area (Å²) >= 11 is 0. The molecule has 0 unspecified atom stereocenters. The Morgan fingerprint density at radius 1 is 1.00 bits per heavy atom. The van der Waals surface area contributed by atoms with Gasteiger partial charge in [-0.05, 0) is 50.9 Å². The second-order valence-corrected chi connectivity index (χ2v) is 5.50. The van der Waals surface area contributed by atoms with Crippen LogP contribution in [0.4, 0.5) is 0 Å². The molecule has 0 saturated carbocycles. The van der Waals surface area contributed by atoms with Crippen molar-refractivity contribution in [3.05, 3.63) is 0 Å². The maximum Gasteiger partial charge on any atom is 0.00514 e. The van der Waals surface area contributed by atoms with E-state index in [1.165, 1.54) is 65.0 Å². The van der Waals surface area contributed by atoms with Crippen molar-refractivity contribution in [2.75, 3.05) is 39.3 Å². The van der Waals surface area contributed by atoms with Crippen LogP contribution in [0.3, 0.4) is 0 Å². The van der Waals surface area contributed by atoms with Gasteiger partial charge in [-0.3, -0.25) is 0 Å². The Hall–Kier alpha value is -0.0800. The summed E-state index contributed by atoms with van der Waals surface area (Å²) in [5.41, 5.74) is 0.736. The maximum atomic E-state index is 2.66. The van der Waals surface area contributed by atoms with E-state index < -0.39 is 0 Å². The molecule has 2 fully saturated rings. The molecule has 2 saturated heterocycles. The lowest BCUT2D eigenvalue weighted by Gasteiger charge is -2.54. The minimum atomic E-state index is 0.736. The van der Waals surface area contributed by atoms with Crippen LogP contribution < -0.4 is 0 Å². The zero-order chi connectivity index (χ0) is 10.7. The first-order valence-electron chi connectivity index (χ1n) is 6.73. The lowest BCUT2D eigenvalue weighted by Crippen LogP contribution is -2.60. The van der Waals surface area contributed by atoms with Gasteiger partial charge in [0, 0.05) is 13.1 Å².